The molecule has 0 aliphatic rings. The highest BCUT2D eigenvalue weighted by molar-refractivity contribution is 8.00. The predicted octanol–water partition coefficient (Wildman–Crippen LogP) is 4.62. The highest BCUT2D eigenvalue weighted by atomic mass is 32.2. The summed E-state index contributed by atoms with van der Waals surface area (Å²) in [5.41, 5.74) is 1.49. The number of ketones is 1. The quantitative estimate of drug-likeness (QED) is 0.381. The molecule has 5 heteroatoms. The first-order valence-electron chi connectivity index (χ1n) is 8.04. The van der Waals surface area contributed by atoms with Crippen LogP contribution in [0.4, 0.5) is 5.69 Å². The molecule has 0 heterocycles. The summed E-state index contributed by atoms with van der Waals surface area (Å²) in [5.74, 6) is 0.0389. The Kier molecular flexibility index (Phi) is 5.71. The molecule has 2 N–H and O–H groups in total. The molecular weight excluding hydrogens is 346 g/mol. The highest BCUT2D eigenvalue weighted by Crippen LogP contribution is 2.24. The van der Waals surface area contributed by atoms with Crippen molar-refractivity contribution in [1.29, 1.82) is 0 Å². The van der Waals surface area contributed by atoms with Gasteiger partial charge in [-0.1, -0.05) is 48.5 Å². The van der Waals surface area contributed by atoms with Crippen LogP contribution in [-0.2, 0) is 0 Å². The zero-order chi connectivity index (χ0) is 18.4. The van der Waals surface area contributed by atoms with Gasteiger partial charge in [-0.2, -0.15) is 0 Å². The summed E-state index contributed by atoms with van der Waals surface area (Å²) < 4.78 is 0. The molecule has 0 spiro atoms. The number of hydrogen-bond acceptors (Lipinski definition) is 4. The molecule has 3 rings (SSSR count). The third-order valence-corrected chi connectivity index (χ3v) is 4.71. The van der Waals surface area contributed by atoms with Gasteiger partial charge in [-0.25, -0.2) is 0 Å². The smallest absolute Gasteiger partial charge is 0.255 e. The maximum Gasteiger partial charge on any atom is 0.255 e. The van der Waals surface area contributed by atoms with Crippen molar-refractivity contribution in [2.75, 3.05) is 11.1 Å². The molecule has 26 heavy (non-hydrogen) atoms. The molecule has 3 aromatic carbocycles. The van der Waals surface area contributed by atoms with Gasteiger partial charge >= 0.3 is 0 Å². The Bertz CT molecular complexity index is 925. The Labute approximate surface area is 155 Å². The molecule has 0 atom stereocenters. The summed E-state index contributed by atoms with van der Waals surface area (Å²) in [7, 11) is 0. The lowest BCUT2D eigenvalue weighted by atomic mass is 10.2. The van der Waals surface area contributed by atoms with Crippen molar-refractivity contribution in [2.24, 2.45) is 0 Å². The Hall–Kier alpha value is -3.05. The average Bonchev–Trinajstić information content (AvgIpc) is 2.69. The second-order valence-electron chi connectivity index (χ2n) is 5.58. The van der Waals surface area contributed by atoms with Crippen LogP contribution in [0.1, 0.15) is 20.7 Å². The number of anilines is 1. The van der Waals surface area contributed by atoms with Crippen LogP contribution >= 0.6 is 11.8 Å². The van der Waals surface area contributed by atoms with Gasteiger partial charge in [0.2, 0.25) is 0 Å². The van der Waals surface area contributed by atoms with Gasteiger partial charge in [0.25, 0.3) is 5.91 Å². The topological polar surface area (TPSA) is 66.4 Å². The maximum atomic E-state index is 12.4. The van der Waals surface area contributed by atoms with E-state index in [9.17, 15) is 14.7 Å². The van der Waals surface area contributed by atoms with Crippen molar-refractivity contribution in [3.05, 3.63) is 90.0 Å². The molecule has 0 aromatic heterocycles. The second kappa shape index (κ2) is 8.36. The molecule has 4 nitrogen and oxygen atoms in total. The zero-order valence-corrected chi connectivity index (χ0v) is 14.7. The molecule has 0 unspecified atom stereocenters. The van der Waals surface area contributed by atoms with Gasteiger partial charge in [-0.3, -0.25) is 9.59 Å². The van der Waals surface area contributed by atoms with E-state index in [-0.39, 0.29) is 17.4 Å². The molecule has 3 aromatic rings. The summed E-state index contributed by atoms with van der Waals surface area (Å²) in [4.78, 5) is 25.4. The number of thioether (sulfide) groups is 1. The number of benzene rings is 3. The van der Waals surface area contributed by atoms with Crippen molar-refractivity contribution in [3.63, 3.8) is 0 Å². The third-order valence-electron chi connectivity index (χ3n) is 3.71. The standard InChI is InChI=1S/C21H17NO3S/c23-19-12-5-4-11-18(19)22-21(25)16-9-6-10-17(13-16)26-14-20(24)15-7-2-1-3-8-15/h1-13,23H,14H2,(H,22,25). The van der Waals surface area contributed by atoms with Crippen LogP contribution in [0.5, 0.6) is 5.75 Å². The summed E-state index contributed by atoms with van der Waals surface area (Å²) in [6.07, 6.45) is 0. The number of hydrogen-bond donors (Lipinski definition) is 2. The minimum absolute atomic E-state index is 0.0137. The Morgan fingerprint density at radius 1 is 0.846 bits per heavy atom. The maximum absolute atomic E-state index is 12.4. The van der Waals surface area contributed by atoms with E-state index in [4.69, 9.17) is 0 Å². The number of carbonyl (C=O) groups excluding carboxylic acids is 2. The van der Waals surface area contributed by atoms with E-state index in [0.717, 1.165) is 4.90 Å². The number of nitrogens with one attached hydrogen (secondary N) is 1. The normalized spacial score (nSPS) is 10.3. The number of para-hydroxylation sites is 2. The lowest BCUT2D eigenvalue weighted by molar-refractivity contribution is 0.101. The number of Topliss-reactive ketones (excluding diaryl/α,β-unsaturated/α-hetero) is 1. The Morgan fingerprint density at radius 3 is 2.31 bits per heavy atom. The minimum Gasteiger partial charge on any atom is -0.506 e. The Balaban J connectivity index is 1.65. The van der Waals surface area contributed by atoms with Gasteiger partial charge in [0.15, 0.2) is 5.78 Å². The van der Waals surface area contributed by atoms with Gasteiger partial charge in [0.1, 0.15) is 5.75 Å². The van der Waals surface area contributed by atoms with Crippen LogP contribution in [0.15, 0.2) is 83.8 Å². The van der Waals surface area contributed by atoms with Gasteiger partial charge in [-0.15, -0.1) is 11.8 Å². The number of aromatic hydroxyl groups is 1. The number of phenols is 1. The van der Waals surface area contributed by atoms with Gasteiger partial charge in [0.05, 0.1) is 11.4 Å². The summed E-state index contributed by atoms with van der Waals surface area (Å²) in [6.45, 7) is 0. The molecule has 0 aliphatic heterocycles. The fourth-order valence-electron chi connectivity index (χ4n) is 2.36. The van der Waals surface area contributed by atoms with Crippen molar-refractivity contribution >= 4 is 29.1 Å². The SMILES string of the molecule is O=C(CSc1cccc(C(=O)Nc2ccccc2O)c1)c1ccccc1. The van der Waals surface area contributed by atoms with E-state index >= 15 is 0 Å². The van der Waals surface area contributed by atoms with E-state index in [1.54, 1.807) is 48.5 Å². The van der Waals surface area contributed by atoms with Crippen LogP contribution in [0.25, 0.3) is 0 Å². The zero-order valence-electron chi connectivity index (χ0n) is 13.9. The van der Waals surface area contributed by atoms with Crippen molar-refractivity contribution in [1.82, 2.24) is 0 Å². The minimum atomic E-state index is -0.316. The van der Waals surface area contributed by atoms with Crippen LogP contribution in [0, 0.1) is 0 Å². The first-order valence-corrected chi connectivity index (χ1v) is 9.02. The van der Waals surface area contributed by atoms with Gasteiger partial charge in [-0.05, 0) is 30.3 Å². The fraction of sp³-hybridized carbons (Fsp3) is 0.0476. The molecular formula is C21H17NO3S. The van der Waals surface area contributed by atoms with Crippen LogP contribution < -0.4 is 5.32 Å². The summed E-state index contributed by atoms with van der Waals surface area (Å²) >= 11 is 1.39. The van der Waals surface area contributed by atoms with Crippen molar-refractivity contribution in [3.8, 4) is 5.75 Å². The van der Waals surface area contributed by atoms with E-state index in [1.165, 1.54) is 17.8 Å². The lowest BCUT2D eigenvalue weighted by Gasteiger charge is -2.08. The van der Waals surface area contributed by atoms with Gasteiger partial charge < -0.3 is 10.4 Å². The van der Waals surface area contributed by atoms with E-state index in [2.05, 4.69) is 5.32 Å². The monoisotopic (exact) mass is 363 g/mol. The number of rotatable bonds is 6. The lowest BCUT2D eigenvalue weighted by Crippen LogP contribution is -2.12. The molecule has 0 radical (unpaired) electrons. The summed E-state index contributed by atoms with van der Waals surface area (Å²) in [6, 6.07) is 22.7. The van der Waals surface area contributed by atoms with E-state index < -0.39 is 0 Å². The molecule has 0 saturated heterocycles. The second-order valence-corrected chi connectivity index (χ2v) is 6.63. The largest absolute Gasteiger partial charge is 0.506 e. The fourth-order valence-corrected chi connectivity index (χ4v) is 3.21. The highest BCUT2D eigenvalue weighted by Gasteiger charge is 2.11. The van der Waals surface area contributed by atoms with Crippen LogP contribution in [0.3, 0.4) is 0 Å². The number of carbonyl (C=O) groups is 2. The number of phenolic OH excluding ortho intramolecular Hbond substituents is 1. The molecule has 1 amide bonds. The summed E-state index contributed by atoms with van der Waals surface area (Å²) in [5, 5.41) is 12.4. The van der Waals surface area contributed by atoms with Crippen molar-refractivity contribution in [2.45, 2.75) is 4.90 Å². The van der Waals surface area contributed by atoms with E-state index in [0.29, 0.717) is 22.6 Å². The Morgan fingerprint density at radius 2 is 1.54 bits per heavy atom. The first-order chi connectivity index (χ1) is 12.6. The predicted molar refractivity (Wildman–Crippen MR) is 104 cm³/mol. The molecule has 0 aliphatic carbocycles. The number of amides is 1. The van der Waals surface area contributed by atoms with Crippen LogP contribution in [0.2, 0.25) is 0 Å². The van der Waals surface area contributed by atoms with Crippen LogP contribution in [-0.4, -0.2) is 22.5 Å². The van der Waals surface area contributed by atoms with Gasteiger partial charge in [0, 0.05) is 16.0 Å². The molecule has 130 valence electrons. The van der Waals surface area contributed by atoms with E-state index in [1.807, 2.05) is 24.3 Å². The third kappa shape index (κ3) is 4.52. The average molecular weight is 363 g/mol. The first kappa shape index (κ1) is 17.8. The van der Waals surface area contributed by atoms with Crippen molar-refractivity contribution < 1.29 is 14.7 Å². The molecule has 0 fully saturated rings. The molecule has 0 saturated carbocycles. The molecule has 0 bridgehead atoms.